The summed E-state index contributed by atoms with van der Waals surface area (Å²) < 4.78 is 0. The molecule has 4 aromatic rings. The maximum absolute atomic E-state index is 11.4. The van der Waals surface area contributed by atoms with E-state index in [1.165, 1.54) is 27.8 Å². The van der Waals surface area contributed by atoms with Crippen molar-refractivity contribution in [2.75, 3.05) is 0 Å². The Hall–Kier alpha value is -3.32. The molecule has 0 saturated heterocycles. The Morgan fingerprint density at radius 3 is 1.26 bits per heavy atom. The number of rotatable bonds is 9. The second-order valence-electron chi connectivity index (χ2n) is 9.12. The first-order valence-electron chi connectivity index (χ1n) is 12.7. The van der Waals surface area contributed by atoms with Gasteiger partial charge < -0.3 is 5.11 Å². The van der Waals surface area contributed by atoms with Crippen molar-refractivity contribution >= 4 is 0 Å². The van der Waals surface area contributed by atoms with E-state index in [9.17, 15) is 5.11 Å². The monoisotopic (exact) mass is 448 g/mol. The van der Waals surface area contributed by atoms with Crippen molar-refractivity contribution in [3.63, 3.8) is 0 Å². The van der Waals surface area contributed by atoms with E-state index in [2.05, 4.69) is 118 Å². The average molecular weight is 449 g/mol. The van der Waals surface area contributed by atoms with Gasteiger partial charge in [0.15, 0.2) is 0 Å². The lowest BCUT2D eigenvalue weighted by Crippen LogP contribution is -2.15. The van der Waals surface area contributed by atoms with Crippen molar-refractivity contribution in [1.82, 2.24) is 0 Å². The molecule has 1 nitrogen and oxygen atoms in total. The first-order chi connectivity index (χ1) is 16.7. The van der Waals surface area contributed by atoms with Crippen LogP contribution in [0.3, 0.4) is 0 Å². The molecular weight excluding hydrogens is 412 g/mol. The number of hydrogen-bond acceptors (Lipinski definition) is 1. The Bertz CT molecular complexity index is 1170. The largest absolute Gasteiger partial charge is 0.508 e. The molecular formula is C33H36O. The molecule has 3 atom stereocenters. The summed E-state index contributed by atoms with van der Waals surface area (Å²) in [5.41, 5.74) is 7.64. The molecule has 0 aliphatic heterocycles. The summed E-state index contributed by atoms with van der Waals surface area (Å²) in [5.74, 6) is 1.05. The first-order valence-corrected chi connectivity index (χ1v) is 12.7. The van der Waals surface area contributed by atoms with Crippen LogP contribution >= 0.6 is 0 Å². The molecule has 4 aromatic carbocycles. The highest BCUT2D eigenvalue weighted by atomic mass is 16.3. The van der Waals surface area contributed by atoms with Crippen LogP contribution < -0.4 is 0 Å². The fourth-order valence-electron chi connectivity index (χ4n) is 5.60. The fourth-order valence-corrected chi connectivity index (χ4v) is 5.60. The lowest BCUT2D eigenvalue weighted by atomic mass is 9.73. The topological polar surface area (TPSA) is 20.2 Å². The summed E-state index contributed by atoms with van der Waals surface area (Å²) in [6, 6.07) is 36.4. The van der Waals surface area contributed by atoms with E-state index in [4.69, 9.17) is 0 Å². The van der Waals surface area contributed by atoms with E-state index in [-0.39, 0.29) is 17.8 Å². The average Bonchev–Trinajstić information content (AvgIpc) is 2.90. The summed E-state index contributed by atoms with van der Waals surface area (Å²) >= 11 is 0. The Balaban J connectivity index is 2.02. The molecule has 1 heteroatoms. The van der Waals surface area contributed by atoms with Crippen LogP contribution in [-0.4, -0.2) is 5.11 Å². The van der Waals surface area contributed by atoms with E-state index in [0.717, 1.165) is 24.8 Å². The van der Waals surface area contributed by atoms with Crippen molar-refractivity contribution < 1.29 is 5.11 Å². The predicted molar refractivity (Wildman–Crippen MR) is 144 cm³/mol. The SMILES string of the molecule is CCC(c1ccccc1)c1ccc(O)c(C(CC)c2ccccc2)c1C(CC)c1ccccc1. The lowest BCUT2D eigenvalue weighted by Gasteiger charge is -2.31. The molecule has 0 saturated carbocycles. The molecule has 0 bridgehead atoms. The summed E-state index contributed by atoms with van der Waals surface area (Å²) in [4.78, 5) is 0. The molecule has 0 spiro atoms. The second kappa shape index (κ2) is 11.2. The highest BCUT2D eigenvalue weighted by Crippen LogP contribution is 2.46. The quantitative estimate of drug-likeness (QED) is 0.271. The summed E-state index contributed by atoms with van der Waals surface area (Å²) in [7, 11) is 0. The minimum atomic E-state index is 0.141. The number of hydrogen-bond donors (Lipinski definition) is 1. The van der Waals surface area contributed by atoms with Gasteiger partial charge in [0.05, 0.1) is 0 Å². The van der Waals surface area contributed by atoms with Crippen molar-refractivity contribution in [3.8, 4) is 5.75 Å². The summed E-state index contributed by atoms with van der Waals surface area (Å²) in [6.45, 7) is 6.76. The van der Waals surface area contributed by atoms with Crippen LogP contribution in [0.1, 0.15) is 91.2 Å². The van der Waals surface area contributed by atoms with Crippen LogP contribution in [0, 0.1) is 0 Å². The van der Waals surface area contributed by atoms with Crippen LogP contribution in [-0.2, 0) is 0 Å². The number of aromatic hydroxyl groups is 1. The Morgan fingerprint density at radius 1 is 0.471 bits per heavy atom. The van der Waals surface area contributed by atoms with Gasteiger partial charge >= 0.3 is 0 Å². The molecule has 174 valence electrons. The van der Waals surface area contributed by atoms with Gasteiger partial charge in [-0.05, 0) is 53.1 Å². The molecule has 4 rings (SSSR count). The molecule has 1 N–H and O–H groups in total. The van der Waals surface area contributed by atoms with Crippen LogP contribution in [0.2, 0.25) is 0 Å². The van der Waals surface area contributed by atoms with Gasteiger partial charge in [0.1, 0.15) is 5.75 Å². The van der Waals surface area contributed by atoms with Crippen LogP contribution in [0.25, 0.3) is 0 Å². The third-order valence-electron chi connectivity index (χ3n) is 7.20. The third-order valence-corrected chi connectivity index (χ3v) is 7.20. The normalized spacial score (nSPS) is 13.9. The fraction of sp³-hybridized carbons (Fsp3) is 0.273. The summed E-state index contributed by atoms with van der Waals surface area (Å²) in [6.07, 6.45) is 2.92. The van der Waals surface area contributed by atoms with E-state index in [1.807, 2.05) is 6.07 Å². The Labute approximate surface area is 205 Å². The predicted octanol–water partition coefficient (Wildman–Crippen LogP) is 9.02. The van der Waals surface area contributed by atoms with Gasteiger partial charge in [-0.3, -0.25) is 0 Å². The molecule has 3 unspecified atom stereocenters. The highest BCUT2D eigenvalue weighted by Gasteiger charge is 2.29. The van der Waals surface area contributed by atoms with Gasteiger partial charge in [-0.25, -0.2) is 0 Å². The van der Waals surface area contributed by atoms with Crippen LogP contribution in [0.15, 0.2) is 103 Å². The van der Waals surface area contributed by atoms with Gasteiger partial charge in [-0.15, -0.1) is 0 Å². The van der Waals surface area contributed by atoms with Gasteiger partial charge in [0, 0.05) is 23.3 Å². The van der Waals surface area contributed by atoms with Crippen molar-refractivity contribution in [2.24, 2.45) is 0 Å². The minimum Gasteiger partial charge on any atom is -0.508 e. The minimum absolute atomic E-state index is 0.141. The second-order valence-corrected chi connectivity index (χ2v) is 9.12. The molecule has 0 aliphatic rings. The molecule has 0 fully saturated rings. The lowest BCUT2D eigenvalue weighted by molar-refractivity contribution is 0.460. The van der Waals surface area contributed by atoms with E-state index in [1.54, 1.807) is 0 Å². The van der Waals surface area contributed by atoms with Crippen molar-refractivity contribution in [1.29, 1.82) is 0 Å². The zero-order chi connectivity index (χ0) is 23.9. The standard InChI is InChI=1S/C33H36O/c1-4-27(24-16-10-7-11-17-24)30-22-23-31(34)33(29(6-3)26-20-14-9-15-21-26)32(30)28(5-2)25-18-12-8-13-19-25/h7-23,27-29,34H,4-6H2,1-3H3. The molecule has 34 heavy (non-hydrogen) atoms. The van der Waals surface area contributed by atoms with E-state index >= 15 is 0 Å². The zero-order valence-electron chi connectivity index (χ0n) is 20.6. The van der Waals surface area contributed by atoms with Crippen molar-refractivity contribution in [2.45, 2.75) is 57.8 Å². The van der Waals surface area contributed by atoms with Crippen LogP contribution in [0.4, 0.5) is 0 Å². The number of phenols is 1. The number of phenolic OH excluding ortho intramolecular Hbond substituents is 1. The van der Waals surface area contributed by atoms with Crippen molar-refractivity contribution in [3.05, 3.63) is 137 Å². The van der Waals surface area contributed by atoms with E-state index < -0.39 is 0 Å². The molecule has 0 amide bonds. The Morgan fingerprint density at radius 2 is 0.853 bits per heavy atom. The van der Waals surface area contributed by atoms with Gasteiger partial charge in [-0.2, -0.15) is 0 Å². The zero-order valence-corrected chi connectivity index (χ0v) is 20.6. The van der Waals surface area contributed by atoms with Crippen LogP contribution in [0.5, 0.6) is 5.75 Å². The maximum atomic E-state index is 11.4. The molecule has 0 aromatic heterocycles. The molecule has 0 heterocycles. The van der Waals surface area contributed by atoms with Gasteiger partial charge in [0.25, 0.3) is 0 Å². The first kappa shape index (κ1) is 23.8. The molecule has 0 radical (unpaired) electrons. The smallest absolute Gasteiger partial charge is 0.119 e. The van der Waals surface area contributed by atoms with Gasteiger partial charge in [-0.1, -0.05) is 118 Å². The molecule has 0 aliphatic carbocycles. The third kappa shape index (κ3) is 4.80. The Kier molecular flexibility index (Phi) is 7.85. The van der Waals surface area contributed by atoms with Gasteiger partial charge in [0.2, 0.25) is 0 Å². The highest BCUT2D eigenvalue weighted by molar-refractivity contribution is 5.56. The number of benzene rings is 4. The van der Waals surface area contributed by atoms with E-state index in [0.29, 0.717) is 5.75 Å². The maximum Gasteiger partial charge on any atom is 0.119 e. The summed E-state index contributed by atoms with van der Waals surface area (Å²) in [5, 5.41) is 11.4.